The van der Waals surface area contributed by atoms with Crippen molar-refractivity contribution >= 4 is 40.1 Å². The fourth-order valence-electron chi connectivity index (χ4n) is 2.97. The summed E-state index contributed by atoms with van der Waals surface area (Å²) in [4.78, 5) is 15.0. The minimum atomic E-state index is 0.195. The van der Waals surface area contributed by atoms with E-state index in [1.54, 1.807) is 6.07 Å². The van der Waals surface area contributed by atoms with E-state index in [-0.39, 0.29) is 17.5 Å². The predicted molar refractivity (Wildman–Crippen MR) is 77.5 cm³/mol. The number of hydrogen-bond acceptors (Lipinski definition) is 5. The first-order valence-corrected chi connectivity index (χ1v) is 7.35. The van der Waals surface area contributed by atoms with E-state index in [0.29, 0.717) is 10.8 Å². The summed E-state index contributed by atoms with van der Waals surface area (Å²) in [6.45, 7) is 1.67. The molecule has 4 heterocycles. The third-order valence-electron chi connectivity index (χ3n) is 3.82. The standard InChI is InChI=1S/C13H12Cl2N4O/c14-10-4-3-9-11(16-10)17-13(15)18-12(9)19-5-7-1-2-8(6-19)20-7/h3-4,7-8H,1-2,5-6H2/t7-,8+. The van der Waals surface area contributed by atoms with Gasteiger partial charge in [0.15, 0.2) is 5.65 Å². The van der Waals surface area contributed by atoms with Crippen molar-refractivity contribution in [3.05, 3.63) is 22.6 Å². The fourth-order valence-corrected chi connectivity index (χ4v) is 3.28. The summed E-state index contributed by atoms with van der Waals surface area (Å²) < 4.78 is 5.86. The van der Waals surface area contributed by atoms with Crippen LogP contribution in [0, 0.1) is 0 Å². The maximum absolute atomic E-state index is 6.02. The molecule has 2 bridgehead atoms. The van der Waals surface area contributed by atoms with E-state index in [4.69, 9.17) is 27.9 Å². The van der Waals surface area contributed by atoms with Gasteiger partial charge in [0.05, 0.1) is 17.6 Å². The van der Waals surface area contributed by atoms with Gasteiger partial charge in [0.1, 0.15) is 11.0 Å². The number of fused-ring (bicyclic) bond motifs is 3. The zero-order chi connectivity index (χ0) is 13.7. The third kappa shape index (κ3) is 2.10. The lowest BCUT2D eigenvalue weighted by Crippen LogP contribution is -2.43. The molecule has 2 fully saturated rings. The Morgan fingerprint density at radius 3 is 2.55 bits per heavy atom. The van der Waals surface area contributed by atoms with Crippen molar-refractivity contribution in [2.24, 2.45) is 0 Å². The zero-order valence-corrected chi connectivity index (χ0v) is 12.1. The summed E-state index contributed by atoms with van der Waals surface area (Å²) in [6.07, 6.45) is 2.81. The lowest BCUT2D eigenvalue weighted by Gasteiger charge is -2.33. The third-order valence-corrected chi connectivity index (χ3v) is 4.20. The van der Waals surface area contributed by atoms with Gasteiger partial charge in [0.25, 0.3) is 0 Å². The van der Waals surface area contributed by atoms with Gasteiger partial charge >= 0.3 is 0 Å². The van der Waals surface area contributed by atoms with E-state index >= 15 is 0 Å². The molecule has 2 aromatic heterocycles. The number of morpholine rings is 1. The van der Waals surface area contributed by atoms with Crippen molar-refractivity contribution in [1.29, 1.82) is 0 Å². The van der Waals surface area contributed by atoms with Gasteiger partial charge in [-0.1, -0.05) is 11.6 Å². The SMILES string of the molecule is Clc1ccc2c(N3C[C@H]4CC[C@@H](C3)O4)nc(Cl)nc2n1. The van der Waals surface area contributed by atoms with Crippen LogP contribution in [0.15, 0.2) is 12.1 Å². The minimum absolute atomic E-state index is 0.195. The summed E-state index contributed by atoms with van der Waals surface area (Å²) in [6, 6.07) is 3.65. The van der Waals surface area contributed by atoms with Gasteiger partial charge in [-0.2, -0.15) is 9.97 Å². The van der Waals surface area contributed by atoms with Gasteiger partial charge in [-0.15, -0.1) is 0 Å². The van der Waals surface area contributed by atoms with Crippen LogP contribution in [-0.4, -0.2) is 40.2 Å². The second-order valence-corrected chi connectivity index (χ2v) is 5.91. The van der Waals surface area contributed by atoms with Gasteiger partial charge < -0.3 is 9.64 Å². The number of halogens is 2. The van der Waals surface area contributed by atoms with E-state index in [2.05, 4.69) is 19.9 Å². The molecule has 0 amide bonds. The Labute approximate surface area is 125 Å². The number of ether oxygens (including phenoxy) is 1. The quantitative estimate of drug-likeness (QED) is 0.599. The van der Waals surface area contributed by atoms with E-state index in [9.17, 15) is 0 Å². The Morgan fingerprint density at radius 2 is 1.80 bits per heavy atom. The molecule has 0 N–H and O–H groups in total. The van der Waals surface area contributed by atoms with Crippen molar-refractivity contribution < 1.29 is 4.74 Å². The van der Waals surface area contributed by atoms with E-state index < -0.39 is 0 Å². The molecular weight excluding hydrogens is 299 g/mol. The monoisotopic (exact) mass is 310 g/mol. The van der Waals surface area contributed by atoms with Crippen LogP contribution in [0.2, 0.25) is 10.4 Å². The highest BCUT2D eigenvalue weighted by Crippen LogP contribution is 2.32. The second-order valence-electron chi connectivity index (χ2n) is 5.18. The smallest absolute Gasteiger partial charge is 0.226 e. The number of aromatic nitrogens is 3. The summed E-state index contributed by atoms with van der Waals surface area (Å²) in [5.41, 5.74) is 0.534. The highest BCUT2D eigenvalue weighted by Gasteiger charge is 2.35. The Kier molecular flexibility index (Phi) is 2.94. The number of anilines is 1. The Bertz CT molecular complexity index is 663. The predicted octanol–water partition coefficient (Wildman–Crippen LogP) is 2.70. The molecule has 0 aromatic carbocycles. The van der Waals surface area contributed by atoms with Crippen LogP contribution in [0.1, 0.15) is 12.8 Å². The van der Waals surface area contributed by atoms with Crippen molar-refractivity contribution in [1.82, 2.24) is 15.0 Å². The number of nitrogens with zero attached hydrogens (tertiary/aromatic N) is 4. The van der Waals surface area contributed by atoms with E-state index in [0.717, 1.165) is 37.1 Å². The highest BCUT2D eigenvalue weighted by atomic mass is 35.5. The molecule has 0 unspecified atom stereocenters. The second kappa shape index (κ2) is 4.69. The largest absolute Gasteiger partial charge is 0.371 e. The van der Waals surface area contributed by atoms with Crippen LogP contribution < -0.4 is 4.90 Å². The average Bonchev–Trinajstić information content (AvgIpc) is 2.76. The number of hydrogen-bond donors (Lipinski definition) is 0. The maximum Gasteiger partial charge on any atom is 0.226 e. The topological polar surface area (TPSA) is 51.1 Å². The molecule has 0 aliphatic carbocycles. The first-order valence-electron chi connectivity index (χ1n) is 6.59. The molecule has 2 aliphatic rings. The lowest BCUT2D eigenvalue weighted by atomic mass is 10.2. The van der Waals surface area contributed by atoms with Crippen LogP contribution in [0.5, 0.6) is 0 Å². The highest BCUT2D eigenvalue weighted by molar-refractivity contribution is 6.30. The van der Waals surface area contributed by atoms with Crippen LogP contribution >= 0.6 is 23.2 Å². The van der Waals surface area contributed by atoms with Gasteiger partial charge in [-0.3, -0.25) is 0 Å². The van der Waals surface area contributed by atoms with Crippen LogP contribution in [0.3, 0.4) is 0 Å². The Balaban J connectivity index is 1.82. The average molecular weight is 311 g/mol. The molecule has 0 spiro atoms. The number of pyridine rings is 1. The summed E-state index contributed by atoms with van der Waals surface area (Å²) in [5, 5.41) is 1.47. The molecule has 5 nitrogen and oxygen atoms in total. The zero-order valence-electron chi connectivity index (χ0n) is 10.6. The van der Waals surface area contributed by atoms with Crippen LogP contribution in [-0.2, 0) is 4.74 Å². The summed E-state index contributed by atoms with van der Waals surface area (Å²) in [5.74, 6) is 0.823. The molecule has 2 atom stereocenters. The van der Waals surface area contributed by atoms with Crippen LogP contribution in [0.4, 0.5) is 5.82 Å². The molecule has 2 aromatic rings. The molecule has 104 valence electrons. The van der Waals surface area contributed by atoms with E-state index in [1.165, 1.54) is 0 Å². The Morgan fingerprint density at radius 1 is 1.05 bits per heavy atom. The Hall–Kier alpha value is -1.17. The lowest BCUT2D eigenvalue weighted by molar-refractivity contribution is 0.0303. The summed E-state index contributed by atoms with van der Waals surface area (Å²) >= 11 is 11.9. The first-order chi connectivity index (χ1) is 9.69. The van der Waals surface area contributed by atoms with Gasteiger partial charge in [0.2, 0.25) is 5.28 Å². The fraction of sp³-hybridized carbons (Fsp3) is 0.462. The van der Waals surface area contributed by atoms with Gasteiger partial charge in [-0.25, -0.2) is 4.98 Å². The molecule has 0 saturated carbocycles. The summed E-state index contributed by atoms with van der Waals surface area (Å²) in [7, 11) is 0. The van der Waals surface area contributed by atoms with Crippen molar-refractivity contribution in [3.8, 4) is 0 Å². The molecular formula is C13H12Cl2N4O. The van der Waals surface area contributed by atoms with Crippen molar-refractivity contribution in [2.75, 3.05) is 18.0 Å². The van der Waals surface area contributed by atoms with Crippen molar-refractivity contribution in [2.45, 2.75) is 25.0 Å². The molecule has 4 rings (SSSR count). The van der Waals surface area contributed by atoms with Gasteiger partial charge in [-0.05, 0) is 36.6 Å². The maximum atomic E-state index is 6.02. The minimum Gasteiger partial charge on any atom is -0.371 e. The molecule has 7 heteroatoms. The molecule has 0 radical (unpaired) electrons. The van der Waals surface area contributed by atoms with Crippen molar-refractivity contribution in [3.63, 3.8) is 0 Å². The van der Waals surface area contributed by atoms with E-state index in [1.807, 2.05) is 6.07 Å². The molecule has 20 heavy (non-hydrogen) atoms. The van der Waals surface area contributed by atoms with Gasteiger partial charge in [0, 0.05) is 13.1 Å². The first kappa shape index (κ1) is 12.6. The normalized spacial score (nSPS) is 25.4. The molecule has 2 aliphatic heterocycles. The van der Waals surface area contributed by atoms with Crippen LogP contribution in [0.25, 0.3) is 11.0 Å². The molecule has 2 saturated heterocycles. The number of rotatable bonds is 1.